The molecule has 2 aliphatic rings. The summed E-state index contributed by atoms with van der Waals surface area (Å²) >= 11 is -0.826. The first-order valence-corrected chi connectivity index (χ1v) is 15.5. The van der Waals surface area contributed by atoms with Crippen LogP contribution in [0, 0.1) is 5.92 Å². The molecular formula is C24H20Cl2Zr. The van der Waals surface area contributed by atoms with Crippen LogP contribution in [0.25, 0.3) is 17.2 Å². The maximum atomic E-state index is 4.93. The zero-order valence-electron chi connectivity index (χ0n) is 15.1. The fourth-order valence-electron chi connectivity index (χ4n) is 4.70. The van der Waals surface area contributed by atoms with E-state index in [4.69, 9.17) is 17.0 Å². The first-order valence-electron chi connectivity index (χ1n) is 9.18. The van der Waals surface area contributed by atoms with Crippen LogP contribution in [0.5, 0.6) is 0 Å². The van der Waals surface area contributed by atoms with Crippen molar-refractivity contribution in [1.82, 2.24) is 0 Å². The Hall–Kier alpha value is -1.14. The van der Waals surface area contributed by atoms with Gasteiger partial charge in [-0.1, -0.05) is 91.9 Å². The van der Waals surface area contributed by atoms with E-state index in [-0.39, 0.29) is 0 Å². The quantitative estimate of drug-likeness (QED) is 0.361. The van der Waals surface area contributed by atoms with Crippen molar-refractivity contribution in [2.24, 2.45) is 5.92 Å². The van der Waals surface area contributed by atoms with Gasteiger partial charge >= 0.3 is 37.9 Å². The fraction of sp³-hybridized carbons (Fsp3) is 0.167. The van der Waals surface area contributed by atoms with E-state index in [0.29, 0.717) is 17.8 Å². The fourth-order valence-corrected chi connectivity index (χ4v) is 4.70. The van der Waals surface area contributed by atoms with Gasteiger partial charge in [0.05, 0.1) is 0 Å². The maximum absolute atomic E-state index is 4.93. The number of benzene rings is 3. The molecule has 2 atom stereocenters. The van der Waals surface area contributed by atoms with Crippen LogP contribution >= 0.6 is 17.0 Å². The molecule has 0 aromatic heterocycles. The van der Waals surface area contributed by atoms with Gasteiger partial charge in [0, 0.05) is 11.8 Å². The summed E-state index contributed by atoms with van der Waals surface area (Å²) in [5, 5.41) is 0. The van der Waals surface area contributed by atoms with E-state index in [1.54, 1.807) is 0 Å². The third-order valence-electron chi connectivity index (χ3n) is 5.81. The summed E-state index contributed by atoms with van der Waals surface area (Å²) in [6, 6.07) is 26.7. The average molecular weight is 471 g/mol. The number of allylic oxidation sites excluding steroid dienone is 1. The molecule has 3 aromatic rings. The van der Waals surface area contributed by atoms with Gasteiger partial charge in [-0.15, -0.1) is 0 Å². The zero-order valence-corrected chi connectivity index (χ0v) is 19.0. The summed E-state index contributed by atoms with van der Waals surface area (Å²) in [6.07, 6.45) is 4.70. The number of hydrogen-bond donors (Lipinski definition) is 0. The Morgan fingerprint density at radius 1 is 0.741 bits per heavy atom. The predicted molar refractivity (Wildman–Crippen MR) is 113 cm³/mol. The van der Waals surface area contributed by atoms with E-state index in [0.717, 1.165) is 0 Å². The van der Waals surface area contributed by atoms with Crippen LogP contribution in [-0.4, -0.2) is 0 Å². The Kier molecular flexibility index (Phi) is 6.03. The second-order valence-electron chi connectivity index (χ2n) is 7.10. The Balaban J connectivity index is 0.000000565. The summed E-state index contributed by atoms with van der Waals surface area (Å²) < 4.78 is 0. The van der Waals surface area contributed by atoms with Crippen molar-refractivity contribution < 1.29 is 20.8 Å². The SMILES string of the molecule is CC(C1C=Cc2ccccc21)C1c2ccccc2-c2ccccc21.[Cl][Zr][Cl]. The van der Waals surface area contributed by atoms with Gasteiger partial charge in [-0.3, -0.25) is 0 Å². The molecule has 3 heteroatoms. The van der Waals surface area contributed by atoms with E-state index in [2.05, 4.69) is 91.9 Å². The van der Waals surface area contributed by atoms with E-state index in [1.165, 1.54) is 33.4 Å². The first kappa shape index (κ1) is 19.2. The van der Waals surface area contributed by atoms with E-state index >= 15 is 0 Å². The molecule has 0 saturated carbocycles. The Morgan fingerprint density at radius 2 is 1.22 bits per heavy atom. The molecule has 0 bridgehead atoms. The van der Waals surface area contributed by atoms with Gasteiger partial charge in [-0.05, 0) is 39.3 Å². The van der Waals surface area contributed by atoms with Crippen molar-refractivity contribution in [3.8, 4) is 11.1 Å². The minimum absolute atomic E-state index is 0.471. The van der Waals surface area contributed by atoms with E-state index in [1.807, 2.05) is 0 Å². The third kappa shape index (κ3) is 3.51. The molecule has 0 heterocycles. The summed E-state index contributed by atoms with van der Waals surface area (Å²) in [5.41, 5.74) is 8.68. The molecule has 0 saturated heterocycles. The molecule has 0 fully saturated rings. The van der Waals surface area contributed by atoms with Crippen molar-refractivity contribution in [2.75, 3.05) is 0 Å². The van der Waals surface area contributed by atoms with Gasteiger partial charge in [0.25, 0.3) is 0 Å². The van der Waals surface area contributed by atoms with E-state index in [9.17, 15) is 0 Å². The number of halogens is 2. The Bertz CT molecular complexity index is 934. The van der Waals surface area contributed by atoms with Gasteiger partial charge in [0.1, 0.15) is 0 Å². The van der Waals surface area contributed by atoms with Gasteiger partial charge in [0.15, 0.2) is 0 Å². The summed E-state index contributed by atoms with van der Waals surface area (Å²) in [7, 11) is 9.87. The van der Waals surface area contributed by atoms with Crippen LogP contribution < -0.4 is 0 Å². The molecule has 2 unspecified atom stereocenters. The van der Waals surface area contributed by atoms with Crippen molar-refractivity contribution in [3.63, 3.8) is 0 Å². The third-order valence-corrected chi connectivity index (χ3v) is 5.81. The molecule has 0 amide bonds. The minimum atomic E-state index is -0.826. The van der Waals surface area contributed by atoms with Crippen molar-refractivity contribution in [1.29, 1.82) is 0 Å². The molecule has 2 aliphatic carbocycles. The molecule has 27 heavy (non-hydrogen) atoms. The molecule has 0 aliphatic heterocycles. The second-order valence-corrected chi connectivity index (χ2v) is 10.8. The topological polar surface area (TPSA) is 0 Å². The average Bonchev–Trinajstić information content (AvgIpc) is 3.28. The van der Waals surface area contributed by atoms with Crippen LogP contribution in [0.4, 0.5) is 0 Å². The van der Waals surface area contributed by atoms with E-state index < -0.39 is 20.8 Å². The van der Waals surface area contributed by atoms with Crippen molar-refractivity contribution in [3.05, 3.63) is 101 Å². The molecule has 0 spiro atoms. The van der Waals surface area contributed by atoms with Crippen LogP contribution in [0.2, 0.25) is 0 Å². The summed E-state index contributed by atoms with van der Waals surface area (Å²) in [4.78, 5) is 0. The monoisotopic (exact) mass is 468 g/mol. The second kappa shape index (κ2) is 8.48. The van der Waals surface area contributed by atoms with Crippen molar-refractivity contribution in [2.45, 2.75) is 18.8 Å². The van der Waals surface area contributed by atoms with Gasteiger partial charge < -0.3 is 0 Å². The molecule has 0 nitrogen and oxygen atoms in total. The molecule has 0 N–H and O–H groups in total. The van der Waals surface area contributed by atoms with Gasteiger partial charge in [-0.25, -0.2) is 0 Å². The summed E-state index contributed by atoms with van der Waals surface area (Å²) in [6.45, 7) is 2.42. The molecule has 3 aromatic carbocycles. The van der Waals surface area contributed by atoms with Crippen LogP contribution in [0.15, 0.2) is 78.9 Å². The molecule has 5 rings (SSSR count). The molecule has 0 radical (unpaired) electrons. The zero-order chi connectivity index (χ0) is 18.8. The Morgan fingerprint density at radius 3 is 1.81 bits per heavy atom. The van der Waals surface area contributed by atoms with Crippen LogP contribution in [-0.2, 0) is 20.8 Å². The van der Waals surface area contributed by atoms with Crippen LogP contribution in [0.3, 0.4) is 0 Å². The standard InChI is InChI=1S/C24H20.2ClH.Zr/c1-16(18-15-14-17-8-2-3-9-19(17)18)24-22-12-6-4-10-20(22)21-11-5-7-13-23(21)24;;;/h2-16,18,24H,1H3;2*1H;/q;;;+2/p-2. The summed E-state index contributed by atoms with van der Waals surface area (Å²) in [5.74, 6) is 1.50. The number of fused-ring (bicyclic) bond motifs is 4. The Labute approximate surface area is 179 Å². The number of rotatable bonds is 2. The number of hydrogen-bond acceptors (Lipinski definition) is 0. The van der Waals surface area contributed by atoms with Crippen molar-refractivity contribution >= 4 is 23.1 Å². The molecule has 134 valence electrons. The first-order chi connectivity index (χ1) is 13.3. The van der Waals surface area contributed by atoms with Crippen LogP contribution in [0.1, 0.15) is 41.0 Å². The van der Waals surface area contributed by atoms with Gasteiger partial charge in [-0.2, -0.15) is 0 Å². The normalized spacial score (nSPS) is 17.4. The van der Waals surface area contributed by atoms with Gasteiger partial charge in [0.2, 0.25) is 0 Å². The molecular weight excluding hydrogens is 450 g/mol. The predicted octanol–water partition coefficient (Wildman–Crippen LogP) is 7.62.